The summed E-state index contributed by atoms with van der Waals surface area (Å²) in [4.78, 5) is 13.9. The van der Waals surface area contributed by atoms with Gasteiger partial charge in [0.25, 0.3) is 0 Å². The molecule has 0 fully saturated rings. The van der Waals surface area contributed by atoms with Gasteiger partial charge < -0.3 is 15.5 Å². The summed E-state index contributed by atoms with van der Waals surface area (Å²) in [6.07, 6.45) is 0. The Labute approximate surface area is 109 Å². The molecule has 1 aromatic rings. The predicted molar refractivity (Wildman–Crippen MR) is 77.1 cm³/mol. The van der Waals surface area contributed by atoms with Crippen LogP contribution in [0.4, 0.5) is 11.4 Å². The van der Waals surface area contributed by atoms with Crippen molar-refractivity contribution in [3.05, 3.63) is 24.3 Å². The molecule has 0 aromatic heterocycles. The smallest absolute Gasteiger partial charge is 0.228 e. The second-order valence-electron chi connectivity index (χ2n) is 4.64. The minimum absolute atomic E-state index is 0.0292. The largest absolute Gasteiger partial charge is 0.378 e. The van der Waals surface area contributed by atoms with E-state index in [1.807, 2.05) is 57.1 Å². The van der Waals surface area contributed by atoms with Crippen LogP contribution in [-0.2, 0) is 4.79 Å². The maximum Gasteiger partial charge on any atom is 0.228 e. The minimum Gasteiger partial charge on any atom is -0.378 e. The van der Waals surface area contributed by atoms with Gasteiger partial charge in [0.15, 0.2) is 0 Å². The van der Waals surface area contributed by atoms with Crippen molar-refractivity contribution < 1.29 is 4.79 Å². The SMILES string of the molecule is CCNCC(C)C(=O)Nc1ccc(N(C)C)cc1. The molecule has 1 amide bonds. The van der Waals surface area contributed by atoms with Gasteiger partial charge in [-0.1, -0.05) is 13.8 Å². The van der Waals surface area contributed by atoms with Crippen LogP contribution in [0.15, 0.2) is 24.3 Å². The van der Waals surface area contributed by atoms with Gasteiger partial charge in [0.1, 0.15) is 0 Å². The monoisotopic (exact) mass is 249 g/mol. The van der Waals surface area contributed by atoms with Gasteiger partial charge >= 0.3 is 0 Å². The van der Waals surface area contributed by atoms with Gasteiger partial charge in [0, 0.05) is 37.9 Å². The summed E-state index contributed by atoms with van der Waals surface area (Å²) in [5.41, 5.74) is 1.96. The van der Waals surface area contributed by atoms with Crippen LogP contribution in [0.1, 0.15) is 13.8 Å². The molecule has 0 spiro atoms. The molecule has 0 aliphatic heterocycles. The van der Waals surface area contributed by atoms with Crippen LogP contribution in [0.5, 0.6) is 0 Å². The Morgan fingerprint density at radius 1 is 1.28 bits per heavy atom. The Balaban J connectivity index is 2.53. The average Bonchev–Trinajstić information content (AvgIpc) is 2.36. The van der Waals surface area contributed by atoms with Crippen LogP contribution >= 0.6 is 0 Å². The standard InChI is InChI=1S/C14H23N3O/c1-5-15-10-11(2)14(18)16-12-6-8-13(9-7-12)17(3)4/h6-9,11,15H,5,10H2,1-4H3,(H,16,18). The zero-order valence-corrected chi connectivity index (χ0v) is 11.7. The minimum atomic E-state index is -0.0292. The first kappa shape index (κ1) is 14.5. The highest BCUT2D eigenvalue weighted by Crippen LogP contribution is 2.16. The molecule has 1 unspecified atom stereocenters. The first-order chi connectivity index (χ1) is 8.54. The lowest BCUT2D eigenvalue weighted by atomic mass is 10.1. The number of hydrogen-bond acceptors (Lipinski definition) is 3. The van der Waals surface area contributed by atoms with Crippen LogP contribution in [0.2, 0.25) is 0 Å². The van der Waals surface area contributed by atoms with Gasteiger partial charge in [-0.3, -0.25) is 4.79 Å². The quantitative estimate of drug-likeness (QED) is 0.810. The number of carbonyl (C=O) groups is 1. The van der Waals surface area contributed by atoms with E-state index < -0.39 is 0 Å². The molecule has 100 valence electrons. The number of anilines is 2. The van der Waals surface area contributed by atoms with Gasteiger partial charge in [0.05, 0.1) is 0 Å². The van der Waals surface area contributed by atoms with Crippen LogP contribution < -0.4 is 15.5 Å². The van der Waals surface area contributed by atoms with E-state index in [-0.39, 0.29) is 11.8 Å². The molecule has 0 saturated carbocycles. The Morgan fingerprint density at radius 3 is 2.39 bits per heavy atom. The fourth-order valence-electron chi connectivity index (χ4n) is 1.56. The highest BCUT2D eigenvalue weighted by atomic mass is 16.1. The van der Waals surface area contributed by atoms with Crippen molar-refractivity contribution in [2.24, 2.45) is 5.92 Å². The fourth-order valence-corrected chi connectivity index (χ4v) is 1.56. The first-order valence-electron chi connectivity index (χ1n) is 6.33. The number of carbonyl (C=O) groups excluding carboxylic acids is 1. The van der Waals surface area contributed by atoms with Crippen molar-refractivity contribution in [3.8, 4) is 0 Å². The van der Waals surface area contributed by atoms with E-state index >= 15 is 0 Å². The molecule has 1 aromatic carbocycles. The summed E-state index contributed by atoms with van der Waals surface area (Å²) in [6.45, 7) is 5.55. The molecule has 4 heteroatoms. The van der Waals surface area contributed by atoms with Gasteiger partial charge in [-0.2, -0.15) is 0 Å². The maximum absolute atomic E-state index is 11.9. The molecular weight excluding hydrogens is 226 g/mol. The number of amides is 1. The first-order valence-corrected chi connectivity index (χ1v) is 6.33. The zero-order chi connectivity index (χ0) is 13.5. The van der Waals surface area contributed by atoms with E-state index in [2.05, 4.69) is 10.6 Å². The van der Waals surface area contributed by atoms with Crippen molar-refractivity contribution in [1.82, 2.24) is 5.32 Å². The van der Waals surface area contributed by atoms with Gasteiger partial charge in [-0.05, 0) is 30.8 Å². The Morgan fingerprint density at radius 2 is 1.89 bits per heavy atom. The van der Waals surface area contributed by atoms with Gasteiger partial charge in [-0.15, -0.1) is 0 Å². The molecule has 0 radical (unpaired) electrons. The number of hydrogen-bond donors (Lipinski definition) is 2. The molecule has 4 nitrogen and oxygen atoms in total. The molecule has 0 bridgehead atoms. The second-order valence-corrected chi connectivity index (χ2v) is 4.64. The van der Waals surface area contributed by atoms with E-state index in [9.17, 15) is 4.79 Å². The highest BCUT2D eigenvalue weighted by Gasteiger charge is 2.12. The third kappa shape index (κ3) is 4.37. The Bertz CT molecular complexity index is 373. The zero-order valence-electron chi connectivity index (χ0n) is 11.7. The Hall–Kier alpha value is -1.55. The van der Waals surface area contributed by atoms with E-state index in [1.165, 1.54) is 0 Å². The molecule has 0 aliphatic rings. The number of nitrogens with zero attached hydrogens (tertiary/aromatic N) is 1. The van der Waals surface area contributed by atoms with Crippen molar-refractivity contribution in [2.45, 2.75) is 13.8 Å². The van der Waals surface area contributed by atoms with Crippen LogP contribution in [0, 0.1) is 5.92 Å². The molecule has 1 atom stereocenters. The van der Waals surface area contributed by atoms with E-state index in [4.69, 9.17) is 0 Å². The van der Waals surface area contributed by atoms with Gasteiger partial charge in [0.2, 0.25) is 5.91 Å². The second kappa shape index (κ2) is 7.01. The normalized spacial score (nSPS) is 12.0. The lowest BCUT2D eigenvalue weighted by Crippen LogP contribution is -2.30. The van der Waals surface area contributed by atoms with Crippen LogP contribution in [-0.4, -0.2) is 33.1 Å². The van der Waals surface area contributed by atoms with E-state index in [0.717, 1.165) is 17.9 Å². The van der Waals surface area contributed by atoms with Crippen LogP contribution in [0.3, 0.4) is 0 Å². The van der Waals surface area contributed by atoms with Crippen molar-refractivity contribution in [3.63, 3.8) is 0 Å². The summed E-state index contributed by atoms with van der Waals surface area (Å²) >= 11 is 0. The highest BCUT2D eigenvalue weighted by molar-refractivity contribution is 5.92. The number of benzene rings is 1. The van der Waals surface area contributed by atoms with Crippen LogP contribution in [0.25, 0.3) is 0 Å². The van der Waals surface area contributed by atoms with Gasteiger partial charge in [-0.25, -0.2) is 0 Å². The number of nitrogens with one attached hydrogen (secondary N) is 2. The van der Waals surface area contributed by atoms with E-state index in [0.29, 0.717) is 6.54 Å². The van der Waals surface area contributed by atoms with E-state index in [1.54, 1.807) is 0 Å². The van der Waals surface area contributed by atoms with Crippen molar-refractivity contribution >= 4 is 17.3 Å². The summed E-state index contributed by atoms with van der Waals surface area (Å²) < 4.78 is 0. The summed E-state index contributed by atoms with van der Waals surface area (Å²) in [6, 6.07) is 7.83. The molecule has 0 heterocycles. The average molecular weight is 249 g/mol. The molecule has 0 aliphatic carbocycles. The third-order valence-corrected chi connectivity index (χ3v) is 2.80. The molecule has 1 rings (SSSR count). The summed E-state index contributed by atoms with van der Waals surface area (Å²) in [5, 5.41) is 6.09. The lowest BCUT2D eigenvalue weighted by molar-refractivity contribution is -0.119. The molecule has 18 heavy (non-hydrogen) atoms. The summed E-state index contributed by atoms with van der Waals surface area (Å²) in [7, 11) is 3.98. The van der Waals surface area contributed by atoms with Crippen molar-refractivity contribution in [2.75, 3.05) is 37.4 Å². The van der Waals surface area contributed by atoms with Crippen molar-refractivity contribution in [1.29, 1.82) is 0 Å². The topological polar surface area (TPSA) is 44.4 Å². The molecular formula is C14H23N3O. The predicted octanol–water partition coefficient (Wildman–Crippen LogP) is 1.94. The third-order valence-electron chi connectivity index (χ3n) is 2.80. The molecule has 2 N–H and O–H groups in total. The summed E-state index contributed by atoms with van der Waals surface area (Å²) in [5.74, 6) is 0.0204. The molecule has 0 saturated heterocycles. The maximum atomic E-state index is 11.9. The fraction of sp³-hybridized carbons (Fsp3) is 0.500. The Kier molecular flexibility index (Phi) is 5.65. The number of rotatable bonds is 6. The lowest BCUT2D eigenvalue weighted by Gasteiger charge is -2.15.